The normalized spacial score (nSPS) is 12.6. The number of aryl methyl sites for hydroxylation is 3. The lowest BCUT2D eigenvalue weighted by molar-refractivity contribution is -0.131. The van der Waals surface area contributed by atoms with Gasteiger partial charge in [0.25, 0.3) is 0 Å². The Bertz CT molecular complexity index is 1640. The first kappa shape index (κ1) is 26.4. The molecule has 40 heavy (non-hydrogen) atoms. The number of ether oxygens (including phenoxy) is 1. The van der Waals surface area contributed by atoms with E-state index in [4.69, 9.17) is 20.0 Å². The molecule has 5 rings (SSSR count). The van der Waals surface area contributed by atoms with Gasteiger partial charge in [0.2, 0.25) is 17.7 Å². The van der Waals surface area contributed by atoms with Gasteiger partial charge in [0, 0.05) is 43.2 Å². The van der Waals surface area contributed by atoms with Crippen molar-refractivity contribution in [3.05, 3.63) is 88.1 Å². The molecule has 1 aliphatic rings. The number of nitriles is 2. The molecule has 0 aliphatic carbocycles. The Morgan fingerprint density at radius 1 is 1.00 bits per heavy atom. The van der Waals surface area contributed by atoms with Crippen molar-refractivity contribution in [2.45, 2.75) is 40.2 Å². The van der Waals surface area contributed by atoms with Gasteiger partial charge in [0.15, 0.2) is 0 Å². The van der Waals surface area contributed by atoms with Crippen molar-refractivity contribution in [2.24, 2.45) is 0 Å². The van der Waals surface area contributed by atoms with Gasteiger partial charge < -0.3 is 19.5 Å². The molecule has 0 saturated carbocycles. The molecule has 10 nitrogen and oxygen atoms in total. The summed E-state index contributed by atoms with van der Waals surface area (Å²) in [5.41, 5.74) is 5.16. The molecular formula is C30H28N8O2. The van der Waals surface area contributed by atoms with Gasteiger partial charge in [0.1, 0.15) is 18.1 Å². The number of aromatic nitrogens is 4. The molecule has 0 fully saturated rings. The largest absolute Gasteiger partial charge is 0.438 e. The van der Waals surface area contributed by atoms with Gasteiger partial charge in [-0.15, -0.1) is 0 Å². The summed E-state index contributed by atoms with van der Waals surface area (Å²) in [6.45, 7) is 6.93. The summed E-state index contributed by atoms with van der Waals surface area (Å²) in [4.78, 5) is 28.8. The molecule has 0 saturated heterocycles. The van der Waals surface area contributed by atoms with Gasteiger partial charge in [0.05, 0.1) is 29.0 Å². The van der Waals surface area contributed by atoms with Crippen LogP contribution in [0.15, 0.2) is 48.8 Å². The van der Waals surface area contributed by atoms with Crippen molar-refractivity contribution < 1.29 is 9.53 Å². The molecule has 4 aromatic rings. The Morgan fingerprint density at radius 3 is 2.35 bits per heavy atom. The second-order valence-corrected chi connectivity index (χ2v) is 9.73. The van der Waals surface area contributed by atoms with Crippen LogP contribution in [0.1, 0.15) is 39.3 Å². The number of carbonyl (C=O) groups excluding carboxylic acids is 1. The summed E-state index contributed by atoms with van der Waals surface area (Å²) in [6, 6.07) is 14.9. The summed E-state index contributed by atoms with van der Waals surface area (Å²) >= 11 is 0. The molecular weight excluding hydrogens is 504 g/mol. The molecule has 1 amide bonds. The van der Waals surface area contributed by atoms with Crippen LogP contribution in [0.5, 0.6) is 11.6 Å². The predicted molar refractivity (Wildman–Crippen MR) is 148 cm³/mol. The first-order chi connectivity index (χ1) is 19.3. The molecule has 0 unspecified atom stereocenters. The molecule has 0 atom stereocenters. The van der Waals surface area contributed by atoms with Gasteiger partial charge in [-0.05, 0) is 74.7 Å². The molecule has 0 spiro atoms. The van der Waals surface area contributed by atoms with E-state index in [0.717, 1.165) is 33.9 Å². The van der Waals surface area contributed by atoms with Crippen LogP contribution in [0.4, 0.5) is 11.6 Å². The van der Waals surface area contributed by atoms with Gasteiger partial charge in [-0.2, -0.15) is 15.5 Å². The van der Waals surface area contributed by atoms with Gasteiger partial charge in [-0.1, -0.05) is 0 Å². The summed E-state index contributed by atoms with van der Waals surface area (Å²) in [5.74, 6) is 2.21. The quantitative estimate of drug-likeness (QED) is 0.384. The molecule has 10 heteroatoms. The number of benzene rings is 2. The maximum atomic E-state index is 13.2. The van der Waals surface area contributed by atoms with Crippen LogP contribution < -0.4 is 10.1 Å². The van der Waals surface area contributed by atoms with Crippen LogP contribution in [0.25, 0.3) is 0 Å². The van der Waals surface area contributed by atoms with Crippen LogP contribution in [0, 0.1) is 43.4 Å². The van der Waals surface area contributed by atoms with Gasteiger partial charge in [-0.25, -0.2) is 9.97 Å². The highest BCUT2D eigenvalue weighted by molar-refractivity contribution is 5.76. The molecule has 1 N–H and O–H groups in total. The van der Waals surface area contributed by atoms with Crippen molar-refractivity contribution in [1.82, 2.24) is 24.4 Å². The number of fused-ring (bicyclic) bond motifs is 1. The van der Waals surface area contributed by atoms with Crippen molar-refractivity contribution in [3.8, 4) is 23.8 Å². The lowest BCUT2D eigenvalue weighted by Gasteiger charge is -2.20. The highest BCUT2D eigenvalue weighted by Crippen LogP contribution is 2.34. The average Bonchev–Trinajstić information content (AvgIpc) is 3.22. The van der Waals surface area contributed by atoms with Gasteiger partial charge in [-0.3, -0.25) is 4.79 Å². The zero-order valence-electron chi connectivity index (χ0n) is 22.6. The summed E-state index contributed by atoms with van der Waals surface area (Å²) in [5, 5.41) is 21.7. The second-order valence-electron chi connectivity index (χ2n) is 9.73. The molecule has 0 radical (unpaired) electrons. The van der Waals surface area contributed by atoms with E-state index in [1.807, 2.05) is 30.2 Å². The number of nitrogens with one attached hydrogen (secondary N) is 1. The second kappa shape index (κ2) is 11.3. The monoisotopic (exact) mass is 532 g/mol. The topological polar surface area (TPSA) is 133 Å². The number of amides is 1. The van der Waals surface area contributed by atoms with E-state index in [9.17, 15) is 10.1 Å². The zero-order chi connectivity index (χ0) is 28.2. The minimum atomic E-state index is 0.0130. The summed E-state index contributed by atoms with van der Waals surface area (Å²) < 4.78 is 8.28. The SMILES string of the molecule is Cc1cc(C#N)cc(C)c1Oc1nc(Nc2ccc(C#N)cc2)nc2c1CCN(C(=O)Cn1ccnc1C)CC2. The van der Waals surface area contributed by atoms with E-state index in [0.29, 0.717) is 54.6 Å². The van der Waals surface area contributed by atoms with E-state index in [2.05, 4.69) is 22.4 Å². The van der Waals surface area contributed by atoms with E-state index in [-0.39, 0.29) is 12.5 Å². The fourth-order valence-electron chi connectivity index (χ4n) is 4.80. The summed E-state index contributed by atoms with van der Waals surface area (Å²) in [7, 11) is 0. The van der Waals surface area contributed by atoms with E-state index >= 15 is 0 Å². The van der Waals surface area contributed by atoms with Crippen LogP contribution in [-0.2, 0) is 24.2 Å². The van der Waals surface area contributed by atoms with Crippen LogP contribution in [0.2, 0.25) is 0 Å². The highest BCUT2D eigenvalue weighted by Gasteiger charge is 2.25. The third kappa shape index (κ3) is 5.62. The third-order valence-corrected chi connectivity index (χ3v) is 6.95. The Hall–Kier alpha value is -5.22. The maximum Gasteiger partial charge on any atom is 0.242 e. The van der Waals surface area contributed by atoms with Crippen molar-refractivity contribution in [1.29, 1.82) is 10.5 Å². The van der Waals surface area contributed by atoms with Crippen LogP contribution in [-0.4, -0.2) is 43.4 Å². The molecule has 0 bridgehead atoms. The Morgan fingerprint density at radius 2 is 1.70 bits per heavy atom. The molecule has 2 aromatic heterocycles. The first-order valence-electron chi connectivity index (χ1n) is 13.0. The standard InChI is InChI=1S/C30H28N8O2/c1-19-14-23(17-32)15-20(2)28(19)40-29-25-8-11-37(27(39)18-38-13-10-33-21(38)3)12-9-26(25)35-30(36-29)34-24-6-4-22(16-31)5-7-24/h4-7,10,13-15H,8-9,11-12,18H2,1-3H3,(H,34,35,36). The van der Waals surface area contributed by atoms with Crippen LogP contribution >= 0.6 is 0 Å². The number of carbonyl (C=O) groups is 1. The fourth-order valence-corrected chi connectivity index (χ4v) is 4.80. The fraction of sp³-hybridized carbons (Fsp3) is 0.267. The number of hydrogen-bond donors (Lipinski definition) is 1. The van der Waals surface area contributed by atoms with Crippen LogP contribution in [0.3, 0.4) is 0 Å². The van der Waals surface area contributed by atoms with E-state index < -0.39 is 0 Å². The first-order valence-corrected chi connectivity index (χ1v) is 13.0. The lowest BCUT2D eigenvalue weighted by Crippen LogP contribution is -2.35. The number of imidazole rings is 1. The van der Waals surface area contributed by atoms with Gasteiger partial charge >= 0.3 is 0 Å². The number of hydrogen-bond acceptors (Lipinski definition) is 8. The number of anilines is 2. The van der Waals surface area contributed by atoms with Crippen molar-refractivity contribution in [2.75, 3.05) is 18.4 Å². The Balaban J connectivity index is 1.47. The Labute approximate surface area is 232 Å². The van der Waals surface area contributed by atoms with E-state index in [1.165, 1.54) is 0 Å². The highest BCUT2D eigenvalue weighted by atomic mass is 16.5. The Kier molecular flexibility index (Phi) is 7.43. The predicted octanol–water partition coefficient (Wildman–Crippen LogP) is 4.51. The van der Waals surface area contributed by atoms with Crippen molar-refractivity contribution in [3.63, 3.8) is 0 Å². The summed E-state index contributed by atoms with van der Waals surface area (Å²) in [6.07, 6.45) is 4.57. The lowest BCUT2D eigenvalue weighted by atomic mass is 10.1. The minimum Gasteiger partial charge on any atom is -0.438 e. The number of rotatable bonds is 6. The number of nitrogens with zero attached hydrogens (tertiary/aromatic N) is 7. The zero-order valence-corrected chi connectivity index (χ0v) is 22.6. The minimum absolute atomic E-state index is 0.0130. The molecule has 200 valence electrons. The van der Waals surface area contributed by atoms with Crippen molar-refractivity contribution >= 4 is 17.5 Å². The molecule has 1 aliphatic heterocycles. The maximum absolute atomic E-state index is 13.2. The third-order valence-electron chi connectivity index (χ3n) is 6.95. The molecule has 3 heterocycles. The van der Waals surface area contributed by atoms with E-state index in [1.54, 1.807) is 48.8 Å². The molecule has 2 aromatic carbocycles. The smallest absolute Gasteiger partial charge is 0.242 e. The average molecular weight is 533 g/mol.